The van der Waals surface area contributed by atoms with Crippen LogP contribution in [0.1, 0.15) is 44.9 Å². The second-order valence-corrected chi connectivity index (χ2v) is 8.28. The SMILES string of the molecule is NC(=NO)C1(C(=O)NC2CCS(=O)(=O)C2)CCCCCC1. The first-order chi connectivity index (χ1) is 9.89. The van der Waals surface area contributed by atoms with Gasteiger partial charge < -0.3 is 16.3 Å². The van der Waals surface area contributed by atoms with E-state index in [0.717, 1.165) is 25.7 Å². The highest BCUT2D eigenvalue weighted by molar-refractivity contribution is 7.91. The van der Waals surface area contributed by atoms with Gasteiger partial charge in [-0.15, -0.1) is 0 Å². The van der Waals surface area contributed by atoms with E-state index in [1.165, 1.54) is 0 Å². The lowest BCUT2D eigenvalue weighted by Crippen LogP contribution is -2.52. The quantitative estimate of drug-likeness (QED) is 0.228. The summed E-state index contributed by atoms with van der Waals surface area (Å²) in [5.41, 5.74) is 4.80. The summed E-state index contributed by atoms with van der Waals surface area (Å²) in [6.45, 7) is 0. The second kappa shape index (κ2) is 6.21. The Morgan fingerprint density at radius 1 is 1.24 bits per heavy atom. The molecule has 0 spiro atoms. The Morgan fingerprint density at radius 2 is 1.86 bits per heavy atom. The van der Waals surface area contributed by atoms with Crippen LogP contribution in [-0.4, -0.2) is 42.9 Å². The van der Waals surface area contributed by atoms with Crippen molar-refractivity contribution in [1.29, 1.82) is 0 Å². The minimum Gasteiger partial charge on any atom is -0.409 e. The molecule has 0 aromatic carbocycles. The molecule has 7 nitrogen and oxygen atoms in total. The molecule has 21 heavy (non-hydrogen) atoms. The molecule has 1 unspecified atom stereocenters. The van der Waals surface area contributed by atoms with Crippen molar-refractivity contribution in [1.82, 2.24) is 5.32 Å². The number of nitrogens with one attached hydrogen (secondary N) is 1. The van der Waals surface area contributed by atoms with Gasteiger partial charge >= 0.3 is 0 Å². The average Bonchev–Trinajstić information content (AvgIpc) is 2.67. The summed E-state index contributed by atoms with van der Waals surface area (Å²) in [6, 6.07) is -0.367. The van der Waals surface area contributed by atoms with Gasteiger partial charge in [-0.1, -0.05) is 30.8 Å². The number of amidine groups is 1. The van der Waals surface area contributed by atoms with Crippen LogP contribution < -0.4 is 11.1 Å². The Kier molecular flexibility index (Phi) is 4.75. The zero-order chi connectivity index (χ0) is 15.5. The fourth-order valence-corrected chi connectivity index (χ4v) is 4.93. The van der Waals surface area contributed by atoms with Gasteiger partial charge in [-0.3, -0.25) is 4.79 Å². The zero-order valence-electron chi connectivity index (χ0n) is 12.0. The van der Waals surface area contributed by atoms with Crippen molar-refractivity contribution in [2.45, 2.75) is 51.0 Å². The molecule has 0 aromatic rings. The Labute approximate surface area is 124 Å². The maximum Gasteiger partial charge on any atom is 0.234 e. The highest BCUT2D eigenvalue weighted by Crippen LogP contribution is 2.36. The molecule has 4 N–H and O–H groups in total. The third kappa shape index (κ3) is 3.48. The molecule has 1 atom stereocenters. The molecule has 1 heterocycles. The lowest BCUT2D eigenvalue weighted by atomic mass is 9.78. The Bertz CT molecular complexity index is 522. The summed E-state index contributed by atoms with van der Waals surface area (Å²) in [6.07, 6.45) is 5.22. The smallest absolute Gasteiger partial charge is 0.234 e. The topological polar surface area (TPSA) is 122 Å². The van der Waals surface area contributed by atoms with Gasteiger partial charge in [0.2, 0.25) is 5.91 Å². The van der Waals surface area contributed by atoms with E-state index in [2.05, 4.69) is 10.5 Å². The second-order valence-electron chi connectivity index (χ2n) is 6.05. The highest BCUT2D eigenvalue weighted by atomic mass is 32.2. The molecule has 0 radical (unpaired) electrons. The minimum atomic E-state index is -3.05. The number of amides is 1. The van der Waals surface area contributed by atoms with Crippen LogP contribution in [0.5, 0.6) is 0 Å². The molecule has 1 aliphatic carbocycles. The lowest BCUT2D eigenvalue weighted by molar-refractivity contribution is -0.128. The molecule has 1 amide bonds. The largest absolute Gasteiger partial charge is 0.409 e. The van der Waals surface area contributed by atoms with E-state index < -0.39 is 15.3 Å². The van der Waals surface area contributed by atoms with E-state index >= 15 is 0 Å². The van der Waals surface area contributed by atoms with E-state index in [4.69, 9.17) is 10.9 Å². The molecular formula is C13H23N3O4S. The van der Waals surface area contributed by atoms with Gasteiger partial charge in [0, 0.05) is 6.04 Å². The van der Waals surface area contributed by atoms with E-state index in [0.29, 0.717) is 19.3 Å². The molecule has 2 aliphatic rings. The monoisotopic (exact) mass is 317 g/mol. The molecule has 2 fully saturated rings. The number of hydrogen-bond donors (Lipinski definition) is 3. The summed E-state index contributed by atoms with van der Waals surface area (Å²) >= 11 is 0. The number of nitrogens with zero attached hydrogens (tertiary/aromatic N) is 1. The predicted octanol–water partition coefficient (Wildman–Crippen LogP) is 0.377. The minimum absolute atomic E-state index is 0.0228. The van der Waals surface area contributed by atoms with Crippen LogP contribution in [0.15, 0.2) is 5.16 Å². The molecule has 0 bridgehead atoms. The molecular weight excluding hydrogens is 294 g/mol. The molecule has 2 rings (SSSR count). The number of nitrogens with two attached hydrogens (primary N) is 1. The number of oxime groups is 1. The number of carbonyl (C=O) groups excluding carboxylic acids is 1. The van der Waals surface area contributed by atoms with Crippen molar-refractivity contribution in [3.63, 3.8) is 0 Å². The van der Waals surface area contributed by atoms with E-state index in [1.54, 1.807) is 0 Å². The van der Waals surface area contributed by atoms with Crippen molar-refractivity contribution in [2.75, 3.05) is 11.5 Å². The molecule has 0 aromatic heterocycles. The van der Waals surface area contributed by atoms with Crippen LogP contribution in [0.25, 0.3) is 0 Å². The van der Waals surface area contributed by atoms with Gasteiger partial charge in [0.1, 0.15) is 5.41 Å². The fourth-order valence-electron chi connectivity index (χ4n) is 3.26. The zero-order valence-corrected chi connectivity index (χ0v) is 12.9. The van der Waals surface area contributed by atoms with Crippen LogP contribution in [0.3, 0.4) is 0 Å². The number of sulfone groups is 1. The van der Waals surface area contributed by atoms with Crippen LogP contribution in [0, 0.1) is 5.41 Å². The first kappa shape index (κ1) is 16.1. The summed E-state index contributed by atoms with van der Waals surface area (Å²) in [5, 5.41) is 14.9. The molecule has 8 heteroatoms. The Hall–Kier alpha value is -1.31. The standard InChI is InChI=1S/C13H23N3O4S/c14-11(16-18)13(6-3-1-2-4-7-13)12(17)15-10-5-8-21(19,20)9-10/h10,18H,1-9H2,(H2,14,16)(H,15,17). The number of carbonyl (C=O) groups is 1. The van der Waals surface area contributed by atoms with Crippen molar-refractivity contribution in [2.24, 2.45) is 16.3 Å². The summed E-state index contributed by atoms with van der Waals surface area (Å²) in [7, 11) is -3.05. The Balaban J connectivity index is 2.15. The molecule has 120 valence electrons. The third-order valence-corrected chi connectivity index (χ3v) is 6.33. The summed E-state index contributed by atoms with van der Waals surface area (Å²) < 4.78 is 23.0. The van der Waals surface area contributed by atoms with Gasteiger partial charge in [-0.25, -0.2) is 8.42 Å². The molecule has 1 saturated heterocycles. The van der Waals surface area contributed by atoms with Crippen molar-refractivity contribution in [3.05, 3.63) is 0 Å². The molecule has 1 saturated carbocycles. The van der Waals surface area contributed by atoms with Crippen LogP contribution in [0.4, 0.5) is 0 Å². The van der Waals surface area contributed by atoms with E-state index in [1.807, 2.05) is 0 Å². The fraction of sp³-hybridized carbons (Fsp3) is 0.846. The van der Waals surface area contributed by atoms with Gasteiger partial charge in [-0.05, 0) is 19.3 Å². The summed E-state index contributed by atoms with van der Waals surface area (Å²) in [4.78, 5) is 12.7. The maximum atomic E-state index is 12.7. The highest BCUT2D eigenvalue weighted by Gasteiger charge is 2.44. The van der Waals surface area contributed by atoms with Crippen LogP contribution >= 0.6 is 0 Å². The van der Waals surface area contributed by atoms with Crippen molar-refractivity contribution in [3.8, 4) is 0 Å². The predicted molar refractivity (Wildman–Crippen MR) is 78.7 cm³/mol. The molecule has 1 aliphatic heterocycles. The Morgan fingerprint density at radius 3 is 2.33 bits per heavy atom. The van der Waals surface area contributed by atoms with E-state index in [-0.39, 0.29) is 29.3 Å². The number of hydrogen-bond acceptors (Lipinski definition) is 5. The first-order valence-corrected chi connectivity index (χ1v) is 9.21. The first-order valence-electron chi connectivity index (χ1n) is 7.39. The van der Waals surface area contributed by atoms with Crippen LogP contribution in [-0.2, 0) is 14.6 Å². The van der Waals surface area contributed by atoms with Crippen LogP contribution in [0.2, 0.25) is 0 Å². The van der Waals surface area contributed by atoms with Crippen molar-refractivity contribution >= 4 is 21.6 Å². The van der Waals surface area contributed by atoms with Crippen molar-refractivity contribution < 1.29 is 18.4 Å². The normalized spacial score (nSPS) is 28.8. The lowest BCUT2D eigenvalue weighted by Gasteiger charge is -2.31. The van der Waals surface area contributed by atoms with Gasteiger partial charge in [0.05, 0.1) is 11.5 Å². The summed E-state index contributed by atoms with van der Waals surface area (Å²) in [5.74, 6) is -0.288. The average molecular weight is 317 g/mol. The third-order valence-electron chi connectivity index (χ3n) is 4.56. The van der Waals surface area contributed by atoms with Gasteiger partial charge in [0.15, 0.2) is 15.7 Å². The van der Waals surface area contributed by atoms with E-state index in [9.17, 15) is 13.2 Å². The maximum absolute atomic E-state index is 12.7. The van der Waals surface area contributed by atoms with Gasteiger partial charge in [0.25, 0.3) is 0 Å². The number of rotatable bonds is 3. The van der Waals surface area contributed by atoms with Gasteiger partial charge in [-0.2, -0.15) is 0 Å².